The van der Waals surface area contributed by atoms with E-state index in [1.165, 1.54) is 31.0 Å². The molecule has 0 saturated heterocycles. The molecular formula is C26H32N4O2S. The number of amides is 1. The van der Waals surface area contributed by atoms with Crippen molar-refractivity contribution in [1.29, 1.82) is 0 Å². The Kier molecular flexibility index (Phi) is 8.05. The van der Waals surface area contributed by atoms with E-state index in [0.717, 1.165) is 40.8 Å². The monoisotopic (exact) mass is 464 g/mol. The summed E-state index contributed by atoms with van der Waals surface area (Å²) in [6.07, 6.45) is 6.47. The number of carbonyl (C=O) groups is 1. The number of hydrogen-bond donors (Lipinski definition) is 1. The van der Waals surface area contributed by atoms with Crippen LogP contribution in [-0.4, -0.2) is 38.6 Å². The maximum Gasteiger partial charge on any atom is 0.233 e. The highest BCUT2D eigenvalue weighted by Gasteiger charge is 2.24. The van der Waals surface area contributed by atoms with Gasteiger partial charge in [0.15, 0.2) is 5.16 Å². The van der Waals surface area contributed by atoms with Crippen LogP contribution in [0.15, 0.2) is 59.8 Å². The van der Waals surface area contributed by atoms with Crippen molar-refractivity contribution in [2.75, 3.05) is 6.61 Å². The zero-order valence-corrected chi connectivity index (χ0v) is 20.2. The number of thioether (sulfide) groups is 1. The molecule has 1 atom stereocenters. The molecule has 33 heavy (non-hydrogen) atoms. The van der Waals surface area contributed by atoms with Crippen LogP contribution in [0, 0.1) is 0 Å². The van der Waals surface area contributed by atoms with E-state index in [1.54, 1.807) is 0 Å². The Hall–Kier alpha value is -2.80. The number of carbonyl (C=O) groups excluding carboxylic acids is 1. The summed E-state index contributed by atoms with van der Waals surface area (Å²) in [6, 6.07) is 18.5. The normalized spacial score (nSPS) is 15.2. The van der Waals surface area contributed by atoms with Crippen molar-refractivity contribution in [3.05, 3.63) is 66.0 Å². The van der Waals surface area contributed by atoms with Gasteiger partial charge in [-0.15, -0.1) is 10.2 Å². The fourth-order valence-corrected chi connectivity index (χ4v) is 5.06. The standard InChI is InChI=1S/C26H32N4O2S/c1-3-32-23-16-14-22(15-17-23)30-24(18-20-10-6-4-7-11-20)28-29-26(30)33-19(2)25(31)27-21-12-8-5-9-13-21/h4,6-7,10-11,14-17,19,21H,3,5,8-9,12-13,18H2,1-2H3,(H,27,31). The second-order valence-electron chi connectivity index (χ2n) is 8.43. The predicted molar refractivity (Wildman–Crippen MR) is 132 cm³/mol. The third kappa shape index (κ3) is 6.16. The molecule has 1 heterocycles. The van der Waals surface area contributed by atoms with Gasteiger partial charge in [0.05, 0.1) is 11.9 Å². The molecule has 0 bridgehead atoms. The summed E-state index contributed by atoms with van der Waals surface area (Å²) in [4.78, 5) is 12.9. The summed E-state index contributed by atoms with van der Waals surface area (Å²) in [5.74, 6) is 1.74. The third-order valence-corrected chi connectivity index (χ3v) is 6.96. The van der Waals surface area contributed by atoms with Gasteiger partial charge in [-0.2, -0.15) is 0 Å². The first-order valence-corrected chi connectivity index (χ1v) is 12.7. The Bertz CT molecular complexity index is 1030. The molecule has 174 valence electrons. The number of nitrogens with zero attached hydrogens (tertiary/aromatic N) is 3. The molecule has 1 amide bonds. The molecule has 7 heteroatoms. The molecule has 1 saturated carbocycles. The first-order valence-electron chi connectivity index (χ1n) is 11.8. The van der Waals surface area contributed by atoms with Crippen LogP contribution in [0.25, 0.3) is 5.69 Å². The maximum atomic E-state index is 12.9. The molecule has 1 unspecified atom stereocenters. The Labute approximate surface area is 200 Å². The molecule has 0 spiro atoms. The molecule has 0 aliphatic heterocycles. The van der Waals surface area contributed by atoms with Gasteiger partial charge >= 0.3 is 0 Å². The molecule has 1 N–H and O–H groups in total. The summed E-state index contributed by atoms with van der Waals surface area (Å²) in [7, 11) is 0. The van der Waals surface area contributed by atoms with E-state index in [2.05, 4.69) is 32.2 Å². The first-order chi connectivity index (χ1) is 16.1. The van der Waals surface area contributed by atoms with E-state index in [0.29, 0.717) is 19.1 Å². The van der Waals surface area contributed by atoms with Crippen LogP contribution in [0.3, 0.4) is 0 Å². The minimum absolute atomic E-state index is 0.0674. The Balaban J connectivity index is 1.56. The Morgan fingerprint density at radius 3 is 2.52 bits per heavy atom. The third-order valence-electron chi connectivity index (χ3n) is 5.91. The molecule has 6 nitrogen and oxygen atoms in total. The minimum atomic E-state index is -0.262. The lowest BCUT2D eigenvalue weighted by Crippen LogP contribution is -2.40. The van der Waals surface area contributed by atoms with E-state index in [4.69, 9.17) is 4.74 Å². The van der Waals surface area contributed by atoms with Gasteiger partial charge in [0.25, 0.3) is 0 Å². The van der Waals surface area contributed by atoms with Crippen molar-refractivity contribution >= 4 is 17.7 Å². The summed E-state index contributed by atoms with van der Waals surface area (Å²) in [6.45, 7) is 4.54. The lowest BCUT2D eigenvalue weighted by molar-refractivity contribution is -0.121. The molecule has 2 aromatic carbocycles. The van der Waals surface area contributed by atoms with Crippen molar-refractivity contribution < 1.29 is 9.53 Å². The van der Waals surface area contributed by atoms with Gasteiger partial charge in [-0.05, 0) is 56.5 Å². The number of benzene rings is 2. The van der Waals surface area contributed by atoms with E-state index < -0.39 is 0 Å². The SMILES string of the molecule is CCOc1ccc(-n2c(Cc3ccccc3)nnc2SC(C)C(=O)NC2CCCCC2)cc1. The fraction of sp³-hybridized carbons (Fsp3) is 0.423. The van der Waals surface area contributed by atoms with Gasteiger partial charge in [0.1, 0.15) is 11.6 Å². The number of aromatic nitrogens is 3. The highest BCUT2D eigenvalue weighted by molar-refractivity contribution is 8.00. The van der Waals surface area contributed by atoms with Gasteiger partial charge in [0.2, 0.25) is 5.91 Å². The highest BCUT2D eigenvalue weighted by atomic mass is 32.2. The Morgan fingerprint density at radius 1 is 1.09 bits per heavy atom. The van der Waals surface area contributed by atoms with E-state index in [1.807, 2.05) is 56.3 Å². The lowest BCUT2D eigenvalue weighted by Gasteiger charge is -2.24. The van der Waals surface area contributed by atoms with Crippen molar-refractivity contribution in [2.45, 2.75) is 68.8 Å². The predicted octanol–water partition coefficient (Wildman–Crippen LogP) is 5.19. The second-order valence-corrected chi connectivity index (χ2v) is 9.74. The molecule has 1 aromatic heterocycles. The zero-order chi connectivity index (χ0) is 23.0. The zero-order valence-electron chi connectivity index (χ0n) is 19.4. The maximum absolute atomic E-state index is 12.9. The van der Waals surface area contributed by atoms with Crippen molar-refractivity contribution in [3.8, 4) is 11.4 Å². The van der Waals surface area contributed by atoms with Gasteiger partial charge in [-0.3, -0.25) is 9.36 Å². The average molecular weight is 465 g/mol. The van der Waals surface area contributed by atoms with Gasteiger partial charge < -0.3 is 10.1 Å². The van der Waals surface area contributed by atoms with E-state index in [-0.39, 0.29) is 11.2 Å². The highest BCUT2D eigenvalue weighted by Crippen LogP contribution is 2.28. The topological polar surface area (TPSA) is 69.0 Å². The van der Waals surface area contributed by atoms with Crippen LogP contribution in [0.5, 0.6) is 5.75 Å². The quantitative estimate of drug-likeness (QED) is 0.442. The average Bonchev–Trinajstić information content (AvgIpc) is 3.22. The molecule has 4 rings (SSSR count). The summed E-state index contributed by atoms with van der Waals surface area (Å²) in [5.41, 5.74) is 2.12. The summed E-state index contributed by atoms with van der Waals surface area (Å²) >= 11 is 1.45. The van der Waals surface area contributed by atoms with E-state index >= 15 is 0 Å². The van der Waals surface area contributed by atoms with Gasteiger partial charge in [-0.25, -0.2) is 0 Å². The molecule has 1 aliphatic carbocycles. The smallest absolute Gasteiger partial charge is 0.233 e. The van der Waals surface area contributed by atoms with Crippen LogP contribution in [-0.2, 0) is 11.2 Å². The van der Waals surface area contributed by atoms with Crippen LogP contribution < -0.4 is 10.1 Å². The second kappa shape index (κ2) is 11.4. The van der Waals surface area contributed by atoms with Crippen molar-refractivity contribution in [2.24, 2.45) is 0 Å². The van der Waals surface area contributed by atoms with Crippen LogP contribution >= 0.6 is 11.8 Å². The van der Waals surface area contributed by atoms with Crippen molar-refractivity contribution in [3.63, 3.8) is 0 Å². The lowest BCUT2D eigenvalue weighted by atomic mass is 9.95. The van der Waals surface area contributed by atoms with Crippen LogP contribution in [0.2, 0.25) is 0 Å². The largest absolute Gasteiger partial charge is 0.494 e. The number of ether oxygens (including phenoxy) is 1. The van der Waals surface area contributed by atoms with Gasteiger partial charge in [-0.1, -0.05) is 61.4 Å². The number of rotatable bonds is 9. The Morgan fingerprint density at radius 2 is 1.82 bits per heavy atom. The number of nitrogens with one attached hydrogen (secondary N) is 1. The van der Waals surface area contributed by atoms with Crippen LogP contribution in [0.4, 0.5) is 0 Å². The first kappa shape index (κ1) is 23.4. The number of hydrogen-bond acceptors (Lipinski definition) is 5. The molecule has 3 aromatic rings. The van der Waals surface area contributed by atoms with Gasteiger partial charge in [0, 0.05) is 18.2 Å². The van der Waals surface area contributed by atoms with E-state index in [9.17, 15) is 4.79 Å². The molecule has 1 aliphatic rings. The van der Waals surface area contributed by atoms with Crippen molar-refractivity contribution in [1.82, 2.24) is 20.1 Å². The minimum Gasteiger partial charge on any atom is -0.494 e. The fourth-order valence-electron chi connectivity index (χ4n) is 4.16. The summed E-state index contributed by atoms with van der Waals surface area (Å²) in [5, 5.41) is 12.7. The summed E-state index contributed by atoms with van der Waals surface area (Å²) < 4.78 is 7.66. The van der Waals surface area contributed by atoms with Crippen LogP contribution in [0.1, 0.15) is 57.3 Å². The molecular weight excluding hydrogens is 432 g/mol. The molecule has 0 radical (unpaired) electrons. The molecule has 1 fully saturated rings.